The van der Waals surface area contributed by atoms with E-state index in [1.807, 2.05) is 42.5 Å². The van der Waals surface area contributed by atoms with Crippen LogP contribution in [0.25, 0.3) is 11.0 Å². The van der Waals surface area contributed by atoms with E-state index in [0.29, 0.717) is 24.8 Å². The average molecular weight is 331 g/mol. The molecule has 1 aromatic heterocycles. The monoisotopic (exact) mass is 330 g/mol. The molecule has 4 nitrogen and oxygen atoms in total. The minimum atomic E-state index is 0.402. The van der Waals surface area contributed by atoms with E-state index in [4.69, 9.17) is 21.1 Å². The lowest BCUT2D eigenvalue weighted by Crippen LogP contribution is -2.10. The van der Waals surface area contributed by atoms with Gasteiger partial charge in [0.25, 0.3) is 0 Å². The Hall–Kier alpha value is -2.04. The summed E-state index contributed by atoms with van der Waals surface area (Å²) in [6.45, 7) is 3.77. The molecule has 0 saturated carbocycles. The zero-order valence-electron chi connectivity index (χ0n) is 13.3. The Morgan fingerprint density at radius 2 is 1.91 bits per heavy atom. The molecule has 5 heteroatoms. The fourth-order valence-corrected chi connectivity index (χ4v) is 2.64. The minimum Gasteiger partial charge on any atom is -0.486 e. The second kappa shape index (κ2) is 7.02. The van der Waals surface area contributed by atoms with Gasteiger partial charge in [0, 0.05) is 18.7 Å². The molecule has 1 heterocycles. The third kappa shape index (κ3) is 3.66. The van der Waals surface area contributed by atoms with Crippen molar-refractivity contribution in [2.75, 3.05) is 13.7 Å². The minimum absolute atomic E-state index is 0.402. The molecule has 0 bridgehead atoms. The first-order valence-electron chi connectivity index (χ1n) is 7.50. The summed E-state index contributed by atoms with van der Waals surface area (Å²) in [5.74, 6) is 1.69. The van der Waals surface area contributed by atoms with Crippen LogP contribution in [0.3, 0.4) is 0 Å². The second-order valence-electron chi connectivity index (χ2n) is 5.41. The molecule has 0 aliphatic heterocycles. The van der Waals surface area contributed by atoms with Gasteiger partial charge in [-0.3, -0.25) is 0 Å². The zero-order valence-corrected chi connectivity index (χ0v) is 14.0. The van der Waals surface area contributed by atoms with Crippen molar-refractivity contribution in [1.29, 1.82) is 0 Å². The Bertz CT molecular complexity index is 797. The summed E-state index contributed by atoms with van der Waals surface area (Å²) < 4.78 is 13.2. The highest BCUT2D eigenvalue weighted by Gasteiger charge is 2.12. The van der Waals surface area contributed by atoms with Crippen LogP contribution in [0.5, 0.6) is 5.75 Å². The van der Waals surface area contributed by atoms with E-state index in [1.165, 1.54) is 5.56 Å². The molecular weight excluding hydrogens is 312 g/mol. The number of aromatic nitrogens is 2. The van der Waals surface area contributed by atoms with Crippen molar-refractivity contribution in [1.82, 2.24) is 9.55 Å². The van der Waals surface area contributed by atoms with E-state index in [2.05, 4.69) is 16.5 Å². The van der Waals surface area contributed by atoms with Gasteiger partial charge in [-0.25, -0.2) is 4.98 Å². The molecule has 120 valence electrons. The lowest BCUT2D eigenvalue weighted by molar-refractivity contribution is 0.185. The summed E-state index contributed by atoms with van der Waals surface area (Å²) in [5.41, 5.74) is 3.12. The predicted octanol–water partition coefficient (Wildman–Crippen LogP) is 4.22. The van der Waals surface area contributed by atoms with Crippen molar-refractivity contribution >= 4 is 22.6 Å². The smallest absolute Gasteiger partial charge is 0.148 e. The molecule has 3 aromatic rings. The SMILES string of the molecule is COCCn1c(COc2ccc(C)cc2)nc2ccc(Cl)cc21. The maximum Gasteiger partial charge on any atom is 0.148 e. The van der Waals surface area contributed by atoms with Crippen molar-refractivity contribution in [3.8, 4) is 5.75 Å². The van der Waals surface area contributed by atoms with E-state index < -0.39 is 0 Å². The number of imidazole rings is 1. The first-order valence-corrected chi connectivity index (χ1v) is 7.88. The summed E-state index contributed by atoms with van der Waals surface area (Å²) in [6, 6.07) is 13.7. The van der Waals surface area contributed by atoms with Crippen molar-refractivity contribution < 1.29 is 9.47 Å². The second-order valence-corrected chi connectivity index (χ2v) is 5.84. The average Bonchev–Trinajstić information content (AvgIpc) is 2.89. The number of fused-ring (bicyclic) bond motifs is 1. The van der Waals surface area contributed by atoms with Crippen molar-refractivity contribution in [3.63, 3.8) is 0 Å². The van der Waals surface area contributed by atoms with E-state index in [9.17, 15) is 0 Å². The van der Waals surface area contributed by atoms with Gasteiger partial charge in [-0.2, -0.15) is 0 Å². The highest BCUT2D eigenvalue weighted by Crippen LogP contribution is 2.22. The normalized spacial score (nSPS) is 11.1. The maximum absolute atomic E-state index is 6.12. The third-order valence-electron chi connectivity index (χ3n) is 3.70. The predicted molar refractivity (Wildman–Crippen MR) is 92.1 cm³/mol. The van der Waals surface area contributed by atoms with Crippen LogP contribution in [0.1, 0.15) is 11.4 Å². The van der Waals surface area contributed by atoms with Gasteiger partial charge in [0.2, 0.25) is 0 Å². The first-order chi connectivity index (χ1) is 11.2. The van der Waals surface area contributed by atoms with E-state index in [0.717, 1.165) is 22.6 Å². The molecule has 2 aromatic carbocycles. The van der Waals surface area contributed by atoms with Gasteiger partial charge >= 0.3 is 0 Å². The quantitative estimate of drug-likeness (QED) is 0.679. The number of halogens is 1. The molecular formula is C18H19ClN2O2. The van der Waals surface area contributed by atoms with Gasteiger partial charge in [-0.15, -0.1) is 0 Å². The summed E-state index contributed by atoms with van der Waals surface area (Å²) in [5, 5.41) is 0.696. The van der Waals surface area contributed by atoms with Gasteiger partial charge in [-0.05, 0) is 37.3 Å². The molecule has 0 N–H and O–H groups in total. The standard InChI is InChI=1S/C18H19ClN2O2/c1-13-3-6-15(7-4-13)23-12-18-20-16-8-5-14(19)11-17(16)21(18)9-10-22-2/h3-8,11H,9-10,12H2,1-2H3. The molecule has 23 heavy (non-hydrogen) atoms. The van der Waals surface area contributed by atoms with Crippen molar-refractivity contribution in [2.24, 2.45) is 0 Å². The molecule has 3 rings (SSSR count). The van der Waals surface area contributed by atoms with Crippen LogP contribution < -0.4 is 4.74 Å². The number of benzene rings is 2. The van der Waals surface area contributed by atoms with Crippen LogP contribution in [0.2, 0.25) is 5.02 Å². The Balaban J connectivity index is 1.87. The topological polar surface area (TPSA) is 36.3 Å². The van der Waals surface area contributed by atoms with Gasteiger partial charge in [0.05, 0.1) is 17.6 Å². The van der Waals surface area contributed by atoms with Gasteiger partial charge in [0.15, 0.2) is 0 Å². The number of hydrogen-bond donors (Lipinski definition) is 0. The molecule has 0 aliphatic carbocycles. The van der Waals surface area contributed by atoms with Crippen LogP contribution in [0, 0.1) is 6.92 Å². The molecule has 0 amide bonds. The van der Waals surface area contributed by atoms with Crippen LogP contribution in [0.15, 0.2) is 42.5 Å². The number of aryl methyl sites for hydroxylation is 1. The summed E-state index contributed by atoms with van der Waals surface area (Å²) in [6.07, 6.45) is 0. The van der Waals surface area contributed by atoms with Crippen molar-refractivity contribution in [3.05, 3.63) is 58.9 Å². The fraction of sp³-hybridized carbons (Fsp3) is 0.278. The van der Waals surface area contributed by atoms with Gasteiger partial charge < -0.3 is 14.0 Å². The van der Waals surface area contributed by atoms with Crippen LogP contribution in [0.4, 0.5) is 0 Å². The number of ether oxygens (including phenoxy) is 2. The van der Waals surface area contributed by atoms with E-state index >= 15 is 0 Å². The largest absolute Gasteiger partial charge is 0.486 e. The van der Waals surface area contributed by atoms with Crippen molar-refractivity contribution in [2.45, 2.75) is 20.1 Å². The molecule has 0 fully saturated rings. The van der Waals surface area contributed by atoms with Gasteiger partial charge in [-0.1, -0.05) is 29.3 Å². The first kappa shape index (κ1) is 15.8. The Kier molecular flexibility index (Phi) is 4.84. The number of nitrogens with zero attached hydrogens (tertiary/aromatic N) is 2. The maximum atomic E-state index is 6.12. The number of hydrogen-bond acceptors (Lipinski definition) is 3. The molecule has 0 radical (unpaired) electrons. The third-order valence-corrected chi connectivity index (χ3v) is 3.93. The summed E-state index contributed by atoms with van der Waals surface area (Å²) in [7, 11) is 1.69. The van der Waals surface area contributed by atoms with Crippen LogP contribution in [-0.2, 0) is 17.9 Å². The van der Waals surface area contributed by atoms with E-state index in [1.54, 1.807) is 7.11 Å². The van der Waals surface area contributed by atoms with Crippen LogP contribution >= 0.6 is 11.6 Å². The van der Waals surface area contributed by atoms with Gasteiger partial charge in [0.1, 0.15) is 18.2 Å². The highest BCUT2D eigenvalue weighted by atomic mass is 35.5. The fourth-order valence-electron chi connectivity index (χ4n) is 2.47. The molecule has 0 saturated heterocycles. The van der Waals surface area contributed by atoms with E-state index in [-0.39, 0.29) is 0 Å². The molecule has 0 spiro atoms. The number of methoxy groups -OCH3 is 1. The number of rotatable bonds is 6. The lowest BCUT2D eigenvalue weighted by atomic mass is 10.2. The molecule has 0 unspecified atom stereocenters. The Labute approximate surface area is 140 Å². The molecule has 0 aliphatic rings. The summed E-state index contributed by atoms with van der Waals surface area (Å²) in [4.78, 5) is 4.66. The summed E-state index contributed by atoms with van der Waals surface area (Å²) >= 11 is 6.12. The Morgan fingerprint density at radius 3 is 2.65 bits per heavy atom. The molecule has 0 atom stereocenters. The highest BCUT2D eigenvalue weighted by molar-refractivity contribution is 6.31. The van der Waals surface area contributed by atoms with Crippen LogP contribution in [-0.4, -0.2) is 23.3 Å². The lowest BCUT2D eigenvalue weighted by Gasteiger charge is -2.10. The zero-order chi connectivity index (χ0) is 16.2. The Morgan fingerprint density at radius 1 is 1.13 bits per heavy atom.